The van der Waals surface area contributed by atoms with Crippen molar-refractivity contribution in [3.05, 3.63) is 0 Å². The fraction of sp³-hybridized carbons (Fsp3) is 0.875. The van der Waals surface area contributed by atoms with Crippen molar-refractivity contribution in [1.82, 2.24) is 0 Å². The van der Waals surface area contributed by atoms with Crippen LogP contribution in [0.15, 0.2) is 0 Å². The largest absolute Gasteiger partial charge is 0.469 e. The van der Waals surface area contributed by atoms with Gasteiger partial charge in [0.05, 0.1) is 13.0 Å². The van der Waals surface area contributed by atoms with E-state index in [2.05, 4.69) is 4.74 Å². The van der Waals surface area contributed by atoms with E-state index in [9.17, 15) is 4.79 Å². The van der Waals surface area contributed by atoms with Gasteiger partial charge in [0, 0.05) is 6.04 Å². The molecule has 2 atom stereocenters. The highest BCUT2D eigenvalue weighted by molar-refractivity contribution is 5.73. The van der Waals surface area contributed by atoms with Crippen molar-refractivity contribution in [2.45, 2.75) is 31.7 Å². The summed E-state index contributed by atoms with van der Waals surface area (Å²) in [6.07, 6.45) is 4.11. The topological polar surface area (TPSA) is 52.3 Å². The van der Waals surface area contributed by atoms with Gasteiger partial charge in [0.15, 0.2) is 0 Å². The summed E-state index contributed by atoms with van der Waals surface area (Å²) in [5, 5.41) is 0. The molecule has 0 radical (unpaired) electrons. The Bertz CT molecular complexity index is 147. The molecule has 0 unspecified atom stereocenters. The Labute approximate surface area is 66.9 Å². The molecule has 1 fully saturated rings. The lowest BCUT2D eigenvalue weighted by Gasteiger charge is -2.25. The second kappa shape index (κ2) is 3.72. The first kappa shape index (κ1) is 8.53. The lowest BCUT2D eigenvalue weighted by Crippen LogP contribution is -2.38. The van der Waals surface area contributed by atoms with E-state index in [-0.39, 0.29) is 17.9 Å². The van der Waals surface area contributed by atoms with Crippen LogP contribution in [0.25, 0.3) is 0 Å². The molecule has 1 aliphatic rings. The van der Waals surface area contributed by atoms with Crippen molar-refractivity contribution in [2.24, 2.45) is 11.7 Å². The highest BCUT2D eigenvalue weighted by Gasteiger charge is 2.28. The fourth-order valence-electron chi connectivity index (χ4n) is 1.60. The Kier molecular flexibility index (Phi) is 2.88. The third-order valence-electron chi connectivity index (χ3n) is 2.32. The van der Waals surface area contributed by atoms with Crippen LogP contribution in [-0.4, -0.2) is 19.1 Å². The summed E-state index contributed by atoms with van der Waals surface area (Å²) >= 11 is 0. The summed E-state index contributed by atoms with van der Waals surface area (Å²) in [5.74, 6) is -0.189. The Morgan fingerprint density at radius 3 is 2.64 bits per heavy atom. The summed E-state index contributed by atoms with van der Waals surface area (Å²) in [6, 6.07) is 0.0243. The van der Waals surface area contributed by atoms with E-state index in [1.807, 2.05) is 0 Å². The van der Waals surface area contributed by atoms with E-state index in [0.29, 0.717) is 0 Å². The highest BCUT2D eigenvalue weighted by atomic mass is 16.5. The van der Waals surface area contributed by atoms with Crippen LogP contribution in [0.4, 0.5) is 0 Å². The van der Waals surface area contributed by atoms with E-state index in [4.69, 9.17) is 5.73 Å². The van der Waals surface area contributed by atoms with E-state index in [1.54, 1.807) is 0 Å². The summed E-state index contributed by atoms with van der Waals surface area (Å²) in [7, 11) is 1.42. The third-order valence-corrected chi connectivity index (χ3v) is 2.32. The van der Waals surface area contributed by atoms with Crippen LogP contribution in [0.3, 0.4) is 0 Å². The predicted octanol–water partition coefficient (Wildman–Crippen LogP) is 0.677. The average molecular weight is 157 g/mol. The zero-order chi connectivity index (χ0) is 8.27. The van der Waals surface area contributed by atoms with Gasteiger partial charge in [0.1, 0.15) is 0 Å². The van der Waals surface area contributed by atoms with E-state index >= 15 is 0 Å². The molecular weight excluding hydrogens is 142 g/mol. The first-order valence-corrected chi connectivity index (χ1v) is 4.09. The number of esters is 1. The molecule has 3 heteroatoms. The second-order valence-electron chi connectivity index (χ2n) is 3.08. The SMILES string of the molecule is COC(=O)[C@H]1CCCC[C@@H]1N. The van der Waals surface area contributed by atoms with E-state index in [1.165, 1.54) is 7.11 Å². The van der Waals surface area contributed by atoms with E-state index in [0.717, 1.165) is 25.7 Å². The molecule has 2 N–H and O–H groups in total. The van der Waals surface area contributed by atoms with Crippen molar-refractivity contribution < 1.29 is 9.53 Å². The Morgan fingerprint density at radius 2 is 2.09 bits per heavy atom. The molecule has 0 spiro atoms. The maximum Gasteiger partial charge on any atom is 0.310 e. The molecule has 0 saturated heterocycles. The van der Waals surface area contributed by atoms with Crippen molar-refractivity contribution in [2.75, 3.05) is 7.11 Å². The normalized spacial score (nSPS) is 31.5. The molecular formula is C8H15NO2. The first-order valence-electron chi connectivity index (χ1n) is 4.09. The molecule has 0 heterocycles. The van der Waals surface area contributed by atoms with Gasteiger partial charge in [-0.1, -0.05) is 12.8 Å². The number of methoxy groups -OCH3 is 1. The van der Waals surface area contributed by atoms with E-state index < -0.39 is 0 Å². The molecule has 0 aliphatic heterocycles. The summed E-state index contributed by atoms with van der Waals surface area (Å²) in [4.78, 5) is 11.1. The molecule has 64 valence electrons. The molecule has 0 aromatic carbocycles. The molecule has 0 amide bonds. The summed E-state index contributed by atoms with van der Waals surface area (Å²) < 4.78 is 4.64. The highest BCUT2D eigenvalue weighted by Crippen LogP contribution is 2.23. The number of hydrogen-bond acceptors (Lipinski definition) is 3. The van der Waals surface area contributed by atoms with Gasteiger partial charge in [-0.25, -0.2) is 0 Å². The Balaban J connectivity index is 2.47. The molecule has 0 bridgehead atoms. The van der Waals surface area contributed by atoms with Crippen LogP contribution in [0.1, 0.15) is 25.7 Å². The maximum atomic E-state index is 11.1. The van der Waals surface area contributed by atoms with Crippen molar-refractivity contribution in [3.8, 4) is 0 Å². The number of rotatable bonds is 1. The van der Waals surface area contributed by atoms with Crippen molar-refractivity contribution >= 4 is 5.97 Å². The summed E-state index contributed by atoms with van der Waals surface area (Å²) in [6.45, 7) is 0. The number of carbonyl (C=O) groups excluding carboxylic acids is 1. The van der Waals surface area contributed by atoms with Gasteiger partial charge < -0.3 is 10.5 Å². The number of hydrogen-bond donors (Lipinski definition) is 1. The lowest BCUT2D eigenvalue weighted by molar-refractivity contribution is -0.147. The average Bonchev–Trinajstić information content (AvgIpc) is 2.04. The monoisotopic (exact) mass is 157 g/mol. The van der Waals surface area contributed by atoms with Gasteiger partial charge >= 0.3 is 5.97 Å². The molecule has 1 aliphatic carbocycles. The van der Waals surface area contributed by atoms with Crippen molar-refractivity contribution in [1.29, 1.82) is 0 Å². The standard InChI is InChI=1S/C8H15NO2/c1-11-8(10)6-4-2-3-5-7(6)9/h6-7H,2-5,9H2,1H3/t6-,7-/m0/s1. The van der Waals surface area contributed by atoms with Crippen molar-refractivity contribution in [3.63, 3.8) is 0 Å². The smallest absolute Gasteiger partial charge is 0.310 e. The zero-order valence-electron chi connectivity index (χ0n) is 6.88. The lowest BCUT2D eigenvalue weighted by atomic mass is 9.85. The minimum absolute atomic E-state index is 0.0243. The predicted molar refractivity (Wildman–Crippen MR) is 41.9 cm³/mol. The van der Waals surface area contributed by atoms with Gasteiger partial charge in [-0.05, 0) is 12.8 Å². The minimum Gasteiger partial charge on any atom is -0.469 e. The molecule has 1 rings (SSSR count). The van der Waals surface area contributed by atoms with Gasteiger partial charge in [-0.2, -0.15) is 0 Å². The summed E-state index contributed by atoms with van der Waals surface area (Å²) in [5.41, 5.74) is 5.75. The van der Waals surface area contributed by atoms with Gasteiger partial charge in [-0.3, -0.25) is 4.79 Å². The number of ether oxygens (including phenoxy) is 1. The number of carbonyl (C=O) groups is 1. The Morgan fingerprint density at radius 1 is 1.45 bits per heavy atom. The van der Waals surface area contributed by atoms with Crippen LogP contribution in [0, 0.1) is 5.92 Å². The van der Waals surface area contributed by atoms with Gasteiger partial charge in [0.25, 0.3) is 0 Å². The third kappa shape index (κ3) is 1.93. The zero-order valence-corrected chi connectivity index (χ0v) is 6.88. The van der Waals surface area contributed by atoms with Crippen LogP contribution < -0.4 is 5.73 Å². The molecule has 0 aromatic rings. The fourth-order valence-corrected chi connectivity index (χ4v) is 1.60. The second-order valence-corrected chi connectivity index (χ2v) is 3.08. The Hall–Kier alpha value is -0.570. The van der Waals surface area contributed by atoms with Crippen LogP contribution in [0.2, 0.25) is 0 Å². The first-order chi connectivity index (χ1) is 5.25. The molecule has 11 heavy (non-hydrogen) atoms. The van der Waals surface area contributed by atoms with Gasteiger partial charge in [0.2, 0.25) is 0 Å². The van der Waals surface area contributed by atoms with Gasteiger partial charge in [-0.15, -0.1) is 0 Å². The molecule has 1 saturated carbocycles. The molecule has 3 nitrogen and oxygen atoms in total. The maximum absolute atomic E-state index is 11.1. The quantitative estimate of drug-likeness (QED) is 0.569. The van der Waals surface area contributed by atoms with Crippen LogP contribution >= 0.6 is 0 Å². The van der Waals surface area contributed by atoms with Crippen LogP contribution in [0.5, 0.6) is 0 Å². The minimum atomic E-state index is -0.141. The molecule has 0 aromatic heterocycles. The van der Waals surface area contributed by atoms with Crippen LogP contribution in [-0.2, 0) is 9.53 Å². The number of nitrogens with two attached hydrogens (primary N) is 1.